The summed E-state index contributed by atoms with van der Waals surface area (Å²) in [6.07, 6.45) is -0.812. The maximum Gasteiger partial charge on any atom is 0.361 e. The van der Waals surface area contributed by atoms with Gasteiger partial charge in [0.1, 0.15) is 5.82 Å². The highest BCUT2D eigenvalue weighted by Gasteiger charge is 2.33. The summed E-state index contributed by atoms with van der Waals surface area (Å²) in [6.45, 7) is 2.02. The molecule has 110 valence electrons. The molecule has 2 rings (SSSR count). The minimum Gasteiger partial charge on any atom is -0.501 e. The first kappa shape index (κ1) is 14.5. The van der Waals surface area contributed by atoms with Crippen molar-refractivity contribution in [2.45, 2.75) is 18.9 Å². The van der Waals surface area contributed by atoms with Gasteiger partial charge in [-0.3, -0.25) is 9.36 Å². The van der Waals surface area contributed by atoms with Crippen molar-refractivity contribution in [1.29, 1.82) is 0 Å². The topological polar surface area (TPSA) is 111 Å². The van der Waals surface area contributed by atoms with Gasteiger partial charge in [-0.05, 0) is 6.92 Å². The predicted octanol–water partition coefficient (Wildman–Crippen LogP) is -0.863. The standard InChI is InChI=1S/C12H16N2O6/c1-3-20-12(18)8-9(16)11(17)14(2)10(13-8)6-4-19-5-7(6)15/h6-7,15-16H,3-5H2,1-2H3. The molecule has 1 aliphatic rings. The number of aromatic nitrogens is 2. The first-order valence-corrected chi connectivity index (χ1v) is 6.20. The minimum absolute atomic E-state index is 0.0969. The van der Waals surface area contributed by atoms with Crippen LogP contribution in [0.15, 0.2) is 4.79 Å². The molecule has 20 heavy (non-hydrogen) atoms. The molecule has 0 amide bonds. The van der Waals surface area contributed by atoms with Crippen LogP contribution in [-0.2, 0) is 16.5 Å². The van der Waals surface area contributed by atoms with E-state index >= 15 is 0 Å². The average molecular weight is 284 g/mol. The smallest absolute Gasteiger partial charge is 0.361 e. The lowest BCUT2D eigenvalue weighted by molar-refractivity contribution is 0.0513. The van der Waals surface area contributed by atoms with Crippen LogP contribution in [0.1, 0.15) is 29.2 Å². The zero-order chi connectivity index (χ0) is 14.9. The number of aliphatic hydroxyl groups is 1. The van der Waals surface area contributed by atoms with Gasteiger partial charge in [-0.15, -0.1) is 0 Å². The molecule has 0 aromatic carbocycles. The third-order valence-electron chi connectivity index (χ3n) is 3.15. The van der Waals surface area contributed by atoms with Gasteiger partial charge in [0.2, 0.25) is 5.75 Å². The Kier molecular flexibility index (Phi) is 4.05. The van der Waals surface area contributed by atoms with E-state index in [0.29, 0.717) is 0 Å². The van der Waals surface area contributed by atoms with E-state index in [1.807, 2.05) is 0 Å². The van der Waals surface area contributed by atoms with Gasteiger partial charge in [0.25, 0.3) is 5.56 Å². The fraction of sp³-hybridized carbons (Fsp3) is 0.583. The number of ether oxygens (including phenoxy) is 2. The maximum absolute atomic E-state index is 11.9. The number of rotatable bonds is 3. The SMILES string of the molecule is CCOC(=O)c1nc(C2COCC2O)n(C)c(=O)c1O. The van der Waals surface area contributed by atoms with Crippen molar-refractivity contribution in [3.8, 4) is 5.75 Å². The van der Waals surface area contributed by atoms with Gasteiger partial charge in [-0.25, -0.2) is 9.78 Å². The molecule has 2 atom stereocenters. The van der Waals surface area contributed by atoms with Gasteiger partial charge in [0.05, 0.1) is 31.8 Å². The lowest BCUT2D eigenvalue weighted by Crippen LogP contribution is -2.30. The molecule has 1 saturated heterocycles. The normalized spacial score (nSPS) is 21.9. The van der Waals surface area contributed by atoms with Crippen LogP contribution in [-0.4, -0.2) is 51.7 Å². The van der Waals surface area contributed by atoms with Crippen LogP contribution < -0.4 is 5.56 Å². The second kappa shape index (κ2) is 5.59. The summed E-state index contributed by atoms with van der Waals surface area (Å²) < 4.78 is 11.0. The summed E-state index contributed by atoms with van der Waals surface area (Å²) in [5.74, 6) is -1.98. The Morgan fingerprint density at radius 2 is 2.25 bits per heavy atom. The Hall–Kier alpha value is -1.93. The second-order valence-corrected chi connectivity index (χ2v) is 4.46. The van der Waals surface area contributed by atoms with E-state index in [2.05, 4.69) is 4.98 Å². The molecule has 0 radical (unpaired) electrons. The summed E-state index contributed by atoms with van der Waals surface area (Å²) in [5, 5.41) is 19.5. The molecule has 8 heteroatoms. The second-order valence-electron chi connectivity index (χ2n) is 4.46. The lowest BCUT2D eigenvalue weighted by atomic mass is 10.1. The lowest BCUT2D eigenvalue weighted by Gasteiger charge is -2.16. The number of hydrogen-bond donors (Lipinski definition) is 2. The molecule has 1 aromatic heterocycles. The summed E-state index contributed by atoms with van der Waals surface area (Å²) in [7, 11) is 1.41. The molecule has 2 N–H and O–H groups in total. The van der Waals surface area contributed by atoms with Crippen LogP contribution in [0.25, 0.3) is 0 Å². The van der Waals surface area contributed by atoms with Crippen LogP contribution in [0.3, 0.4) is 0 Å². The molecular weight excluding hydrogens is 268 g/mol. The van der Waals surface area contributed by atoms with Gasteiger partial charge in [-0.2, -0.15) is 0 Å². The Bertz CT molecular complexity index is 582. The van der Waals surface area contributed by atoms with Crippen LogP contribution in [0, 0.1) is 0 Å². The maximum atomic E-state index is 11.9. The summed E-state index contributed by atoms with van der Waals surface area (Å²) in [4.78, 5) is 27.6. The number of aromatic hydroxyl groups is 1. The molecule has 0 bridgehead atoms. The van der Waals surface area contributed by atoms with Crippen molar-refractivity contribution in [1.82, 2.24) is 9.55 Å². The Morgan fingerprint density at radius 1 is 1.55 bits per heavy atom. The first-order valence-electron chi connectivity index (χ1n) is 6.20. The van der Waals surface area contributed by atoms with E-state index in [1.54, 1.807) is 6.92 Å². The minimum atomic E-state index is -0.877. The molecule has 8 nitrogen and oxygen atoms in total. The van der Waals surface area contributed by atoms with E-state index in [0.717, 1.165) is 4.57 Å². The number of hydrogen-bond acceptors (Lipinski definition) is 7. The zero-order valence-corrected chi connectivity index (χ0v) is 11.2. The van der Waals surface area contributed by atoms with Crippen molar-refractivity contribution < 1.29 is 24.5 Å². The third-order valence-corrected chi connectivity index (χ3v) is 3.15. The fourth-order valence-electron chi connectivity index (χ4n) is 2.07. The van der Waals surface area contributed by atoms with Crippen molar-refractivity contribution in [2.24, 2.45) is 7.05 Å². The summed E-state index contributed by atoms with van der Waals surface area (Å²) in [6, 6.07) is 0. The van der Waals surface area contributed by atoms with Gasteiger partial charge in [0.15, 0.2) is 5.69 Å². The number of aliphatic hydroxyl groups excluding tert-OH is 1. The average Bonchev–Trinajstić information content (AvgIpc) is 2.83. The van der Waals surface area contributed by atoms with E-state index < -0.39 is 35.0 Å². The van der Waals surface area contributed by atoms with Crippen LogP contribution in [0.2, 0.25) is 0 Å². The van der Waals surface area contributed by atoms with Crippen LogP contribution in [0.4, 0.5) is 0 Å². The van der Waals surface area contributed by atoms with Crippen LogP contribution >= 0.6 is 0 Å². The van der Waals surface area contributed by atoms with E-state index in [1.165, 1.54) is 7.05 Å². The van der Waals surface area contributed by atoms with Gasteiger partial charge >= 0.3 is 5.97 Å². The Morgan fingerprint density at radius 3 is 2.80 bits per heavy atom. The number of esters is 1. The highest BCUT2D eigenvalue weighted by Crippen LogP contribution is 2.25. The number of nitrogens with zero attached hydrogens (tertiary/aromatic N) is 2. The molecule has 2 heterocycles. The number of carbonyl (C=O) groups excluding carboxylic acids is 1. The van der Waals surface area contributed by atoms with E-state index in [-0.39, 0.29) is 25.6 Å². The molecule has 0 spiro atoms. The fourth-order valence-corrected chi connectivity index (χ4v) is 2.07. The van der Waals surface area contributed by atoms with Crippen molar-refractivity contribution in [2.75, 3.05) is 19.8 Å². The van der Waals surface area contributed by atoms with Gasteiger partial charge in [-0.1, -0.05) is 0 Å². The van der Waals surface area contributed by atoms with Crippen molar-refractivity contribution >= 4 is 5.97 Å². The molecule has 2 unspecified atom stereocenters. The van der Waals surface area contributed by atoms with Gasteiger partial charge < -0.3 is 19.7 Å². The largest absolute Gasteiger partial charge is 0.501 e. The molecular formula is C12H16N2O6. The molecule has 0 aliphatic carbocycles. The molecule has 1 fully saturated rings. The quantitative estimate of drug-likeness (QED) is 0.694. The van der Waals surface area contributed by atoms with Gasteiger partial charge in [0, 0.05) is 7.05 Å². The van der Waals surface area contributed by atoms with Crippen LogP contribution in [0.5, 0.6) is 5.75 Å². The summed E-state index contributed by atoms with van der Waals surface area (Å²) in [5.41, 5.74) is -1.21. The first-order chi connectivity index (χ1) is 9.47. The monoisotopic (exact) mass is 284 g/mol. The van der Waals surface area contributed by atoms with Crippen molar-refractivity contribution in [3.05, 3.63) is 21.9 Å². The van der Waals surface area contributed by atoms with E-state index in [4.69, 9.17) is 9.47 Å². The zero-order valence-electron chi connectivity index (χ0n) is 11.2. The van der Waals surface area contributed by atoms with Crippen molar-refractivity contribution in [3.63, 3.8) is 0 Å². The third kappa shape index (κ3) is 2.39. The highest BCUT2D eigenvalue weighted by atomic mass is 16.5. The molecule has 0 saturated carbocycles. The number of carbonyl (C=O) groups is 1. The van der Waals surface area contributed by atoms with E-state index in [9.17, 15) is 19.8 Å². The highest BCUT2D eigenvalue weighted by molar-refractivity contribution is 5.89. The molecule has 1 aliphatic heterocycles. The Labute approximate surface area is 114 Å². The summed E-state index contributed by atoms with van der Waals surface area (Å²) >= 11 is 0. The predicted molar refractivity (Wildman–Crippen MR) is 66.7 cm³/mol. The Balaban J connectivity index is 2.52. The molecule has 1 aromatic rings.